The van der Waals surface area contributed by atoms with Gasteiger partial charge < -0.3 is 10.6 Å². The van der Waals surface area contributed by atoms with Gasteiger partial charge in [-0.25, -0.2) is 12.8 Å². The van der Waals surface area contributed by atoms with E-state index in [1.807, 2.05) is 0 Å². The summed E-state index contributed by atoms with van der Waals surface area (Å²) in [7, 11) is -1.31. The molecule has 0 aliphatic rings. The van der Waals surface area contributed by atoms with Crippen molar-refractivity contribution in [2.45, 2.75) is 13.0 Å². The van der Waals surface area contributed by atoms with Crippen LogP contribution in [-0.2, 0) is 9.84 Å². The fourth-order valence-corrected chi connectivity index (χ4v) is 2.34. The SMILES string of the molecule is C[C@H](N)c1c(F)cccc1N(C)CCS(C)(=O)=O. The average molecular weight is 274 g/mol. The van der Waals surface area contributed by atoms with Gasteiger partial charge in [0.05, 0.1) is 5.75 Å². The highest BCUT2D eigenvalue weighted by Crippen LogP contribution is 2.26. The number of anilines is 1. The molecule has 1 aromatic carbocycles. The molecule has 0 heterocycles. The summed E-state index contributed by atoms with van der Waals surface area (Å²) in [4.78, 5) is 1.71. The molecule has 0 bridgehead atoms. The number of rotatable bonds is 5. The number of nitrogens with zero attached hydrogens (tertiary/aromatic N) is 1. The lowest BCUT2D eigenvalue weighted by atomic mass is 10.1. The van der Waals surface area contributed by atoms with E-state index in [2.05, 4.69) is 0 Å². The molecule has 1 aromatic rings. The van der Waals surface area contributed by atoms with Crippen LogP contribution in [0.25, 0.3) is 0 Å². The van der Waals surface area contributed by atoms with Crippen LogP contribution in [0.4, 0.5) is 10.1 Å². The Labute approximate surface area is 108 Å². The van der Waals surface area contributed by atoms with Crippen LogP contribution in [0.15, 0.2) is 18.2 Å². The molecule has 0 fully saturated rings. The predicted molar refractivity (Wildman–Crippen MR) is 72.0 cm³/mol. The molecule has 102 valence electrons. The molecule has 0 aliphatic carbocycles. The van der Waals surface area contributed by atoms with Gasteiger partial charge >= 0.3 is 0 Å². The summed E-state index contributed by atoms with van der Waals surface area (Å²) >= 11 is 0. The number of benzene rings is 1. The monoisotopic (exact) mass is 274 g/mol. The van der Waals surface area contributed by atoms with Gasteiger partial charge in [-0.1, -0.05) is 6.07 Å². The molecule has 0 aliphatic heterocycles. The lowest BCUT2D eigenvalue weighted by molar-refractivity contribution is 0.592. The number of hydrogen-bond donors (Lipinski definition) is 1. The molecule has 2 N–H and O–H groups in total. The Kier molecular flexibility index (Phi) is 4.70. The molecule has 0 aromatic heterocycles. The van der Waals surface area contributed by atoms with Crippen molar-refractivity contribution in [2.24, 2.45) is 5.73 Å². The molecule has 4 nitrogen and oxygen atoms in total. The summed E-state index contributed by atoms with van der Waals surface area (Å²) in [6, 6.07) is 4.24. The van der Waals surface area contributed by atoms with Gasteiger partial charge in [0.15, 0.2) is 0 Å². The zero-order valence-electron chi connectivity index (χ0n) is 10.9. The Morgan fingerprint density at radius 2 is 2.06 bits per heavy atom. The quantitative estimate of drug-likeness (QED) is 0.879. The van der Waals surface area contributed by atoms with E-state index in [-0.39, 0.29) is 11.6 Å². The molecule has 0 amide bonds. The summed E-state index contributed by atoms with van der Waals surface area (Å²) in [6.07, 6.45) is 1.18. The van der Waals surface area contributed by atoms with Crippen LogP contribution in [0.5, 0.6) is 0 Å². The van der Waals surface area contributed by atoms with E-state index in [1.165, 1.54) is 12.3 Å². The van der Waals surface area contributed by atoms with Crippen LogP contribution < -0.4 is 10.6 Å². The molecule has 0 saturated heterocycles. The van der Waals surface area contributed by atoms with Crippen molar-refractivity contribution in [3.05, 3.63) is 29.6 Å². The maximum Gasteiger partial charge on any atom is 0.149 e. The number of hydrogen-bond acceptors (Lipinski definition) is 4. The molecule has 18 heavy (non-hydrogen) atoms. The maximum absolute atomic E-state index is 13.7. The summed E-state index contributed by atoms with van der Waals surface area (Å²) in [5, 5.41) is 0. The largest absolute Gasteiger partial charge is 0.373 e. The fourth-order valence-electron chi connectivity index (χ4n) is 1.73. The normalized spacial score (nSPS) is 13.4. The second-order valence-electron chi connectivity index (χ2n) is 4.51. The Morgan fingerprint density at radius 1 is 1.44 bits per heavy atom. The minimum Gasteiger partial charge on any atom is -0.373 e. The molecule has 0 spiro atoms. The standard InChI is InChI=1S/C12H19FN2O2S/c1-9(14)12-10(13)5-4-6-11(12)15(2)7-8-18(3,16)17/h4-6,9H,7-8,14H2,1-3H3/t9-/m0/s1. The van der Waals surface area contributed by atoms with E-state index in [0.29, 0.717) is 17.8 Å². The van der Waals surface area contributed by atoms with E-state index < -0.39 is 15.9 Å². The zero-order valence-corrected chi connectivity index (χ0v) is 11.7. The summed E-state index contributed by atoms with van der Waals surface area (Å²) in [5.74, 6) is -0.341. The predicted octanol–water partition coefficient (Wildman–Crippen LogP) is 1.33. The first-order valence-electron chi connectivity index (χ1n) is 5.65. The van der Waals surface area contributed by atoms with Gasteiger partial charge in [0.25, 0.3) is 0 Å². The van der Waals surface area contributed by atoms with Crippen LogP contribution >= 0.6 is 0 Å². The van der Waals surface area contributed by atoms with Crippen LogP contribution in [0.1, 0.15) is 18.5 Å². The van der Waals surface area contributed by atoms with E-state index in [1.54, 1.807) is 31.0 Å². The van der Waals surface area contributed by atoms with Crippen molar-refractivity contribution in [3.63, 3.8) is 0 Å². The van der Waals surface area contributed by atoms with Gasteiger partial charge in [-0.15, -0.1) is 0 Å². The van der Waals surface area contributed by atoms with Crippen molar-refractivity contribution in [1.29, 1.82) is 0 Å². The van der Waals surface area contributed by atoms with Crippen molar-refractivity contribution < 1.29 is 12.8 Å². The van der Waals surface area contributed by atoms with E-state index in [0.717, 1.165) is 0 Å². The Bertz CT molecular complexity index is 515. The average Bonchev–Trinajstić information content (AvgIpc) is 2.24. The van der Waals surface area contributed by atoms with Gasteiger partial charge in [-0.3, -0.25) is 0 Å². The number of sulfone groups is 1. The number of halogens is 1. The summed E-state index contributed by atoms with van der Waals surface area (Å²) in [6.45, 7) is 2.01. The topological polar surface area (TPSA) is 63.4 Å². The lowest BCUT2D eigenvalue weighted by Gasteiger charge is -2.24. The van der Waals surface area contributed by atoms with E-state index in [9.17, 15) is 12.8 Å². The van der Waals surface area contributed by atoms with E-state index >= 15 is 0 Å². The summed E-state index contributed by atoms with van der Waals surface area (Å²) < 4.78 is 36.0. The first-order chi connectivity index (χ1) is 8.22. The van der Waals surface area contributed by atoms with Crippen LogP contribution in [0.2, 0.25) is 0 Å². The molecular weight excluding hydrogens is 255 g/mol. The Balaban J connectivity index is 2.99. The first kappa shape index (κ1) is 14.9. The molecule has 0 saturated carbocycles. The highest BCUT2D eigenvalue weighted by Gasteiger charge is 2.16. The van der Waals surface area contributed by atoms with Crippen molar-refractivity contribution in [1.82, 2.24) is 0 Å². The summed E-state index contributed by atoms with van der Waals surface area (Å²) in [5.41, 5.74) is 6.79. The highest BCUT2D eigenvalue weighted by molar-refractivity contribution is 7.90. The zero-order chi connectivity index (χ0) is 13.9. The molecule has 0 radical (unpaired) electrons. The van der Waals surface area contributed by atoms with Gasteiger partial charge in [0.2, 0.25) is 0 Å². The van der Waals surface area contributed by atoms with Gasteiger partial charge in [0.1, 0.15) is 15.7 Å². The first-order valence-corrected chi connectivity index (χ1v) is 7.71. The van der Waals surface area contributed by atoms with E-state index in [4.69, 9.17) is 5.73 Å². The van der Waals surface area contributed by atoms with Gasteiger partial charge in [-0.2, -0.15) is 0 Å². The second kappa shape index (κ2) is 5.67. The smallest absolute Gasteiger partial charge is 0.149 e. The minimum absolute atomic E-state index is 0.0262. The van der Waals surface area contributed by atoms with Gasteiger partial charge in [0, 0.05) is 37.1 Å². The third-order valence-electron chi connectivity index (χ3n) is 2.69. The third-order valence-corrected chi connectivity index (χ3v) is 3.62. The molecular formula is C12H19FN2O2S. The van der Waals surface area contributed by atoms with Crippen molar-refractivity contribution >= 4 is 15.5 Å². The molecule has 0 unspecified atom stereocenters. The Hall–Kier alpha value is -1.14. The van der Waals surface area contributed by atoms with Crippen LogP contribution in [-0.4, -0.2) is 34.0 Å². The molecule has 6 heteroatoms. The number of nitrogens with two attached hydrogens (primary N) is 1. The van der Waals surface area contributed by atoms with Gasteiger partial charge in [-0.05, 0) is 19.1 Å². The lowest BCUT2D eigenvalue weighted by Crippen LogP contribution is -2.27. The second-order valence-corrected chi connectivity index (χ2v) is 6.77. The maximum atomic E-state index is 13.7. The fraction of sp³-hybridized carbons (Fsp3) is 0.500. The molecule has 1 rings (SSSR count). The minimum atomic E-state index is -3.04. The molecule has 1 atom stereocenters. The Morgan fingerprint density at radius 3 is 2.56 bits per heavy atom. The van der Waals surface area contributed by atoms with Crippen LogP contribution in [0, 0.1) is 5.82 Å². The highest BCUT2D eigenvalue weighted by atomic mass is 32.2. The van der Waals surface area contributed by atoms with Crippen LogP contribution in [0.3, 0.4) is 0 Å². The van der Waals surface area contributed by atoms with Crippen molar-refractivity contribution in [2.75, 3.05) is 30.5 Å². The van der Waals surface area contributed by atoms with Crippen molar-refractivity contribution in [3.8, 4) is 0 Å². The third kappa shape index (κ3) is 3.96.